The summed E-state index contributed by atoms with van der Waals surface area (Å²) in [7, 11) is 2.58. The topological polar surface area (TPSA) is 184 Å². The summed E-state index contributed by atoms with van der Waals surface area (Å²) in [6.45, 7) is 13.4. The fourth-order valence-electron chi connectivity index (χ4n) is 9.14. The molecule has 2 aromatic heterocycles. The predicted molar refractivity (Wildman–Crippen MR) is 226 cm³/mol. The lowest BCUT2D eigenvalue weighted by Gasteiger charge is -2.30. The number of carbonyl (C=O) groups excluding carboxylic acids is 4. The van der Waals surface area contributed by atoms with Crippen LogP contribution in [-0.2, 0) is 25.7 Å². The molecule has 5 aromatic rings. The van der Waals surface area contributed by atoms with E-state index < -0.39 is 24.3 Å². The van der Waals surface area contributed by atoms with Crippen molar-refractivity contribution in [3.05, 3.63) is 65.9 Å². The van der Waals surface area contributed by atoms with Gasteiger partial charge in [0.25, 0.3) is 0 Å². The minimum Gasteiger partial charge on any atom is -0.488 e. The van der Waals surface area contributed by atoms with E-state index in [1.165, 1.54) is 14.2 Å². The number of ether oxygens (including phenoxy) is 3. The average molecular weight is 819 g/mol. The molecule has 8 rings (SSSR count). The first-order chi connectivity index (χ1) is 28.7. The fraction of sp³-hybridized carbons (Fsp3) is 0.467. The Kier molecular flexibility index (Phi) is 10.9. The second kappa shape index (κ2) is 16.1. The van der Waals surface area contributed by atoms with E-state index in [1.807, 2.05) is 49.8 Å². The van der Waals surface area contributed by atoms with Crippen LogP contribution in [0.4, 0.5) is 9.59 Å². The molecule has 60 heavy (non-hydrogen) atoms. The van der Waals surface area contributed by atoms with Gasteiger partial charge in [-0.15, -0.1) is 0 Å². The number of imidazole rings is 2. The SMILES string of the molecule is COC(=O)N[C@H](C(=O)N1C[C@@H](C)CC1c1nc2c(ccc3cc4c(cc32)OCc2cc(-c3cnc([C@@H]5C[C@H](C)CN5C(=O)[C@@H](NC(=O)OC)C(C)C)[nH]3)ccc2-4)[nH]1)C(C)C. The molecule has 6 atom stereocenters. The lowest BCUT2D eigenvalue weighted by atomic mass is 9.92. The van der Waals surface area contributed by atoms with Crippen molar-refractivity contribution < 1.29 is 33.4 Å². The molecule has 2 saturated heterocycles. The first-order valence-corrected chi connectivity index (χ1v) is 20.8. The van der Waals surface area contributed by atoms with Crippen LogP contribution in [0, 0.1) is 23.7 Å². The van der Waals surface area contributed by atoms with Gasteiger partial charge in [0.1, 0.15) is 36.1 Å². The van der Waals surface area contributed by atoms with E-state index in [1.54, 1.807) is 0 Å². The largest absolute Gasteiger partial charge is 0.488 e. The molecule has 2 fully saturated rings. The van der Waals surface area contributed by atoms with Crippen molar-refractivity contribution in [2.45, 2.75) is 85.2 Å². The van der Waals surface area contributed by atoms with E-state index in [0.717, 1.165) is 68.3 Å². The number of alkyl carbamates (subject to hydrolysis) is 2. The average Bonchev–Trinajstić information content (AvgIpc) is 4.05. The predicted octanol–water partition coefficient (Wildman–Crippen LogP) is 7.25. The van der Waals surface area contributed by atoms with E-state index >= 15 is 0 Å². The van der Waals surface area contributed by atoms with Gasteiger partial charge in [0.2, 0.25) is 11.8 Å². The van der Waals surface area contributed by atoms with Crippen LogP contribution in [0.15, 0.2) is 48.7 Å². The van der Waals surface area contributed by atoms with E-state index in [2.05, 4.69) is 70.8 Å². The zero-order valence-corrected chi connectivity index (χ0v) is 35.4. The normalized spacial score (nSPS) is 20.8. The summed E-state index contributed by atoms with van der Waals surface area (Å²) in [5.74, 6) is 2.15. The Bertz CT molecular complexity index is 2470. The van der Waals surface area contributed by atoms with Crippen LogP contribution in [0.3, 0.4) is 0 Å². The van der Waals surface area contributed by atoms with Gasteiger partial charge < -0.3 is 44.6 Å². The molecule has 0 aliphatic carbocycles. The Morgan fingerprint density at radius 2 is 1.40 bits per heavy atom. The molecule has 15 nitrogen and oxygen atoms in total. The molecule has 316 valence electrons. The zero-order chi connectivity index (χ0) is 42.6. The Labute approximate surface area is 348 Å². The molecule has 5 heterocycles. The van der Waals surface area contributed by atoms with Gasteiger partial charge in [0.15, 0.2) is 0 Å². The molecule has 3 aromatic carbocycles. The van der Waals surface area contributed by atoms with Crippen LogP contribution in [0.25, 0.3) is 44.2 Å². The van der Waals surface area contributed by atoms with Crippen LogP contribution in [0.2, 0.25) is 0 Å². The molecular weight excluding hydrogens is 765 g/mol. The monoisotopic (exact) mass is 818 g/mol. The maximum Gasteiger partial charge on any atom is 0.407 e. The minimum absolute atomic E-state index is 0.126. The molecule has 3 aliphatic rings. The maximum absolute atomic E-state index is 13.9. The lowest BCUT2D eigenvalue weighted by Crippen LogP contribution is -2.51. The van der Waals surface area contributed by atoms with E-state index in [9.17, 15) is 19.2 Å². The van der Waals surface area contributed by atoms with Gasteiger partial charge in [0.05, 0.1) is 49.2 Å². The van der Waals surface area contributed by atoms with Crippen molar-refractivity contribution in [2.24, 2.45) is 23.7 Å². The third-order valence-corrected chi connectivity index (χ3v) is 12.3. The molecule has 0 bridgehead atoms. The quantitative estimate of drug-likeness (QED) is 0.119. The number of hydrogen-bond donors (Lipinski definition) is 4. The Morgan fingerprint density at radius 3 is 2.00 bits per heavy atom. The summed E-state index contributed by atoms with van der Waals surface area (Å²) in [4.78, 5) is 72.5. The van der Waals surface area contributed by atoms with E-state index in [-0.39, 0.29) is 47.6 Å². The number of rotatable bonds is 9. The van der Waals surface area contributed by atoms with Crippen molar-refractivity contribution in [1.29, 1.82) is 0 Å². The number of aromatic nitrogens is 4. The number of aromatic amines is 2. The van der Waals surface area contributed by atoms with E-state index in [4.69, 9.17) is 24.2 Å². The lowest BCUT2D eigenvalue weighted by molar-refractivity contribution is -0.136. The summed E-state index contributed by atoms with van der Waals surface area (Å²) in [6.07, 6.45) is 2.05. The third-order valence-electron chi connectivity index (χ3n) is 12.3. The highest BCUT2D eigenvalue weighted by molar-refractivity contribution is 6.07. The molecule has 0 saturated carbocycles. The van der Waals surface area contributed by atoms with Crippen LogP contribution in [-0.4, -0.2) is 93.1 Å². The third kappa shape index (κ3) is 7.49. The van der Waals surface area contributed by atoms with Crippen molar-refractivity contribution in [3.63, 3.8) is 0 Å². The van der Waals surface area contributed by atoms with Crippen molar-refractivity contribution in [3.8, 4) is 28.1 Å². The number of fused-ring (bicyclic) bond motifs is 6. The number of amides is 4. The fourth-order valence-corrected chi connectivity index (χ4v) is 9.14. The highest BCUT2D eigenvalue weighted by atomic mass is 16.5. The zero-order valence-electron chi connectivity index (χ0n) is 35.4. The Hall–Kier alpha value is -6.12. The molecular formula is C45H54N8O7. The number of nitrogens with one attached hydrogen (secondary N) is 4. The van der Waals surface area contributed by atoms with Gasteiger partial charge in [-0.25, -0.2) is 19.6 Å². The highest BCUT2D eigenvalue weighted by Gasteiger charge is 2.42. The Balaban J connectivity index is 1.04. The van der Waals surface area contributed by atoms with E-state index in [0.29, 0.717) is 31.3 Å². The highest BCUT2D eigenvalue weighted by Crippen LogP contribution is 2.44. The number of nitrogens with zero attached hydrogens (tertiary/aromatic N) is 4. The molecule has 0 radical (unpaired) electrons. The number of methoxy groups -OCH3 is 2. The Morgan fingerprint density at radius 1 is 0.783 bits per heavy atom. The van der Waals surface area contributed by atoms with Crippen molar-refractivity contribution in [1.82, 2.24) is 40.4 Å². The summed E-state index contributed by atoms with van der Waals surface area (Å²) < 4.78 is 16.0. The number of carbonyl (C=O) groups is 4. The molecule has 15 heteroatoms. The van der Waals surface area contributed by atoms with Crippen molar-refractivity contribution in [2.75, 3.05) is 27.3 Å². The smallest absolute Gasteiger partial charge is 0.407 e. The first kappa shape index (κ1) is 40.7. The van der Waals surface area contributed by atoms with Gasteiger partial charge in [0, 0.05) is 24.0 Å². The molecule has 0 spiro atoms. The molecule has 4 N–H and O–H groups in total. The van der Waals surface area contributed by atoms with Crippen molar-refractivity contribution >= 4 is 45.8 Å². The van der Waals surface area contributed by atoms with Crippen LogP contribution in [0.5, 0.6) is 5.75 Å². The first-order valence-electron chi connectivity index (χ1n) is 20.8. The summed E-state index contributed by atoms with van der Waals surface area (Å²) in [6, 6.07) is 12.7. The summed E-state index contributed by atoms with van der Waals surface area (Å²) >= 11 is 0. The number of hydrogen-bond acceptors (Lipinski definition) is 9. The minimum atomic E-state index is -0.721. The summed E-state index contributed by atoms with van der Waals surface area (Å²) in [5.41, 5.74) is 6.58. The van der Waals surface area contributed by atoms with Gasteiger partial charge in [-0.05, 0) is 82.9 Å². The van der Waals surface area contributed by atoms with Gasteiger partial charge in [-0.3, -0.25) is 9.59 Å². The second-order valence-electron chi connectivity index (χ2n) is 17.4. The second-order valence-corrected chi connectivity index (χ2v) is 17.4. The van der Waals surface area contributed by atoms with Crippen LogP contribution >= 0.6 is 0 Å². The maximum atomic E-state index is 13.9. The standard InChI is InChI=1S/C45H54N8O7/c1-22(2)37(50-44(56)58-7)42(54)52-19-24(5)13-34(52)40-46-18-33(48-40)27-9-11-29-28(15-27)21-60-36-17-30-26(16-31(29)36)10-12-32-39(30)49-41(47-32)35-14-25(6)20-53(35)43(55)38(23(3)4)51-45(57)59-8/h9-12,15-18,22-25,34-35,37-38H,13-14,19-21H2,1-8H3,(H,46,48)(H,47,49)(H,50,56)(H,51,57)/t24-,25-,34-,35?,37-,38-/m0/s1. The van der Waals surface area contributed by atoms with Gasteiger partial charge in [-0.2, -0.15) is 0 Å². The van der Waals surface area contributed by atoms with Crippen LogP contribution < -0.4 is 15.4 Å². The van der Waals surface area contributed by atoms with Gasteiger partial charge in [-0.1, -0.05) is 59.7 Å². The molecule has 3 aliphatic heterocycles. The van der Waals surface area contributed by atoms with Crippen LogP contribution in [0.1, 0.15) is 83.7 Å². The number of benzene rings is 3. The number of H-pyrrole nitrogens is 2. The summed E-state index contributed by atoms with van der Waals surface area (Å²) in [5, 5.41) is 7.41. The van der Waals surface area contributed by atoms with Gasteiger partial charge >= 0.3 is 12.2 Å². The molecule has 1 unspecified atom stereocenters. The number of likely N-dealkylation sites (tertiary alicyclic amines) is 2. The molecule has 4 amide bonds.